The Morgan fingerprint density at radius 2 is 1.81 bits per heavy atom. The summed E-state index contributed by atoms with van der Waals surface area (Å²) in [6, 6.07) is 4.09. The van der Waals surface area contributed by atoms with E-state index in [0.717, 1.165) is 36.5 Å². The summed E-state index contributed by atoms with van der Waals surface area (Å²) in [6.45, 7) is 7.36. The quantitative estimate of drug-likeness (QED) is 0.524. The molecule has 0 aliphatic rings. The van der Waals surface area contributed by atoms with Crippen LogP contribution in [0.2, 0.25) is 0 Å². The summed E-state index contributed by atoms with van der Waals surface area (Å²) in [5.74, 6) is 2.89. The Kier molecular flexibility index (Phi) is 8.60. The van der Waals surface area contributed by atoms with Gasteiger partial charge in [0.2, 0.25) is 0 Å². The van der Waals surface area contributed by atoms with E-state index in [4.69, 9.17) is 21.1 Å². The number of ether oxygens (including phenoxy) is 2. The van der Waals surface area contributed by atoms with Crippen LogP contribution in [0.5, 0.6) is 11.5 Å². The van der Waals surface area contributed by atoms with Crippen molar-refractivity contribution in [2.75, 3.05) is 13.7 Å². The van der Waals surface area contributed by atoms with Crippen molar-refractivity contribution < 1.29 is 9.47 Å². The first-order valence-electron chi connectivity index (χ1n) is 8.08. The maximum atomic E-state index is 6.08. The summed E-state index contributed by atoms with van der Waals surface area (Å²) < 4.78 is 11.5. The molecular formula is C18H29ClO2. The lowest BCUT2D eigenvalue weighted by molar-refractivity contribution is 0.231. The van der Waals surface area contributed by atoms with Crippen LogP contribution >= 0.6 is 11.6 Å². The van der Waals surface area contributed by atoms with Crippen molar-refractivity contribution >= 4 is 11.6 Å². The number of aryl methyl sites for hydroxylation is 1. The fourth-order valence-corrected chi connectivity index (χ4v) is 2.66. The summed E-state index contributed by atoms with van der Waals surface area (Å²) >= 11 is 6.05. The third kappa shape index (κ3) is 5.43. The smallest absolute Gasteiger partial charge is 0.124 e. The van der Waals surface area contributed by atoms with Crippen LogP contribution in [-0.4, -0.2) is 13.7 Å². The van der Waals surface area contributed by atoms with E-state index in [9.17, 15) is 0 Å². The molecule has 1 aromatic carbocycles. The van der Waals surface area contributed by atoms with Gasteiger partial charge >= 0.3 is 0 Å². The Balaban J connectivity index is 2.81. The van der Waals surface area contributed by atoms with E-state index in [2.05, 4.69) is 26.8 Å². The molecule has 2 nitrogen and oxygen atoms in total. The van der Waals surface area contributed by atoms with Gasteiger partial charge in [-0.15, -0.1) is 11.6 Å². The maximum Gasteiger partial charge on any atom is 0.124 e. The van der Waals surface area contributed by atoms with Crippen LogP contribution in [-0.2, 0) is 12.3 Å². The lowest BCUT2D eigenvalue weighted by atomic mass is 10.0. The lowest BCUT2D eigenvalue weighted by Crippen LogP contribution is -2.12. The lowest BCUT2D eigenvalue weighted by Gasteiger charge is -2.19. The number of alkyl halides is 1. The molecule has 1 unspecified atom stereocenters. The maximum absolute atomic E-state index is 6.08. The zero-order chi connectivity index (χ0) is 15.7. The molecule has 0 bridgehead atoms. The Labute approximate surface area is 134 Å². The van der Waals surface area contributed by atoms with Gasteiger partial charge in [-0.05, 0) is 36.5 Å². The van der Waals surface area contributed by atoms with Gasteiger partial charge in [-0.25, -0.2) is 0 Å². The molecule has 0 N–H and O–H groups in total. The minimum absolute atomic E-state index is 0.446. The second-order valence-electron chi connectivity index (χ2n) is 5.49. The first-order valence-corrected chi connectivity index (χ1v) is 8.61. The third-order valence-electron chi connectivity index (χ3n) is 4.01. The third-order valence-corrected chi connectivity index (χ3v) is 4.29. The molecule has 120 valence electrons. The van der Waals surface area contributed by atoms with Gasteiger partial charge in [-0.1, -0.05) is 40.0 Å². The van der Waals surface area contributed by atoms with E-state index >= 15 is 0 Å². The van der Waals surface area contributed by atoms with Gasteiger partial charge in [-0.3, -0.25) is 0 Å². The Hall–Kier alpha value is -0.890. The van der Waals surface area contributed by atoms with Crippen LogP contribution in [0.4, 0.5) is 0 Å². The van der Waals surface area contributed by atoms with Gasteiger partial charge in [0.25, 0.3) is 0 Å². The second kappa shape index (κ2) is 9.94. The average Bonchev–Trinajstić information content (AvgIpc) is 2.54. The van der Waals surface area contributed by atoms with Crippen LogP contribution < -0.4 is 9.47 Å². The number of hydrogen-bond acceptors (Lipinski definition) is 2. The molecule has 1 atom stereocenters. The van der Waals surface area contributed by atoms with E-state index in [1.54, 1.807) is 7.11 Å². The van der Waals surface area contributed by atoms with Gasteiger partial charge in [0.15, 0.2) is 0 Å². The monoisotopic (exact) mass is 312 g/mol. The molecule has 0 aliphatic heterocycles. The molecule has 21 heavy (non-hydrogen) atoms. The molecule has 0 aromatic heterocycles. The first-order chi connectivity index (χ1) is 10.2. The van der Waals surface area contributed by atoms with Crippen molar-refractivity contribution in [3.63, 3.8) is 0 Å². The standard InChI is InChI=1S/C18H29ClO2/c1-5-8-9-14(6-2)13-21-18-10-15(7-3)17(20-4)11-16(18)12-19/h10-11,14H,5-9,12-13H2,1-4H3. The van der Waals surface area contributed by atoms with Crippen LogP contribution in [0, 0.1) is 5.92 Å². The summed E-state index contributed by atoms with van der Waals surface area (Å²) in [5.41, 5.74) is 2.18. The fraction of sp³-hybridized carbons (Fsp3) is 0.667. The highest BCUT2D eigenvalue weighted by Gasteiger charge is 2.12. The number of rotatable bonds is 10. The minimum Gasteiger partial charge on any atom is -0.496 e. The second-order valence-corrected chi connectivity index (χ2v) is 5.75. The molecule has 1 aromatic rings. The van der Waals surface area contributed by atoms with Crippen LogP contribution in [0.25, 0.3) is 0 Å². The van der Waals surface area contributed by atoms with Gasteiger partial charge in [0.05, 0.1) is 19.6 Å². The van der Waals surface area contributed by atoms with Gasteiger partial charge in [0, 0.05) is 5.56 Å². The zero-order valence-corrected chi connectivity index (χ0v) is 14.6. The van der Waals surface area contributed by atoms with Gasteiger partial charge in [-0.2, -0.15) is 0 Å². The molecule has 1 rings (SSSR count). The van der Waals surface area contributed by atoms with Crippen LogP contribution in [0.15, 0.2) is 12.1 Å². The number of methoxy groups -OCH3 is 1. The fourth-order valence-electron chi connectivity index (χ4n) is 2.45. The van der Waals surface area contributed by atoms with E-state index in [1.165, 1.54) is 24.8 Å². The van der Waals surface area contributed by atoms with E-state index in [-0.39, 0.29) is 0 Å². The highest BCUT2D eigenvalue weighted by atomic mass is 35.5. The summed E-state index contributed by atoms with van der Waals surface area (Å²) in [7, 11) is 1.70. The van der Waals surface area contributed by atoms with E-state index < -0.39 is 0 Å². The van der Waals surface area contributed by atoms with E-state index in [0.29, 0.717) is 11.8 Å². The van der Waals surface area contributed by atoms with Crippen molar-refractivity contribution in [1.82, 2.24) is 0 Å². The predicted molar refractivity (Wildman–Crippen MR) is 90.7 cm³/mol. The normalized spacial score (nSPS) is 12.2. The summed E-state index contributed by atoms with van der Waals surface area (Å²) in [5, 5.41) is 0. The largest absolute Gasteiger partial charge is 0.496 e. The molecule has 0 aliphatic carbocycles. The Bertz CT molecular complexity index is 418. The molecule has 0 saturated carbocycles. The van der Waals surface area contributed by atoms with Crippen LogP contribution in [0.1, 0.15) is 57.6 Å². The number of benzene rings is 1. The molecule has 3 heteroatoms. The molecular weight excluding hydrogens is 284 g/mol. The molecule has 0 amide bonds. The SMILES string of the molecule is CCCCC(CC)COc1cc(CC)c(OC)cc1CCl. The highest BCUT2D eigenvalue weighted by Crippen LogP contribution is 2.31. The molecule has 0 saturated heterocycles. The van der Waals surface area contributed by atoms with Crippen molar-refractivity contribution in [3.05, 3.63) is 23.3 Å². The number of hydrogen-bond donors (Lipinski definition) is 0. The number of halogens is 1. The highest BCUT2D eigenvalue weighted by molar-refractivity contribution is 6.17. The average molecular weight is 313 g/mol. The van der Waals surface area contributed by atoms with Crippen molar-refractivity contribution in [1.29, 1.82) is 0 Å². The van der Waals surface area contributed by atoms with Crippen molar-refractivity contribution in [2.45, 2.75) is 58.8 Å². The molecule has 0 radical (unpaired) electrons. The topological polar surface area (TPSA) is 18.5 Å². The Morgan fingerprint density at radius 3 is 2.33 bits per heavy atom. The van der Waals surface area contributed by atoms with Gasteiger partial charge in [0.1, 0.15) is 11.5 Å². The van der Waals surface area contributed by atoms with Crippen molar-refractivity contribution in [2.24, 2.45) is 5.92 Å². The first kappa shape index (κ1) is 18.2. The zero-order valence-electron chi connectivity index (χ0n) is 13.9. The van der Waals surface area contributed by atoms with Crippen LogP contribution in [0.3, 0.4) is 0 Å². The Morgan fingerprint density at radius 1 is 1.10 bits per heavy atom. The predicted octanol–water partition coefficient (Wildman–Crippen LogP) is 5.59. The summed E-state index contributed by atoms with van der Waals surface area (Å²) in [6.07, 6.45) is 5.83. The molecule has 0 spiro atoms. The van der Waals surface area contributed by atoms with E-state index in [1.807, 2.05) is 6.07 Å². The van der Waals surface area contributed by atoms with Gasteiger partial charge < -0.3 is 9.47 Å². The van der Waals surface area contributed by atoms with Crippen molar-refractivity contribution in [3.8, 4) is 11.5 Å². The minimum atomic E-state index is 0.446. The molecule has 0 fully saturated rings. The molecule has 0 heterocycles. The summed E-state index contributed by atoms with van der Waals surface area (Å²) in [4.78, 5) is 0. The number of unbranched alkanes of at least 4 members (excludes halogenated alkanes) is 1.